The fraction of sp³-hybridized carbons (Fsp3) is 0.650. The van der Waals surface area contributed by atoms with Crippen LogP contribution in [-0.4, -0.2) is 39.4 Å². The maximum absolute atomic E-state index is 14.2. The van der Waals surface area contributed by atoms with Crippen LogP contribution in [0.2, 0.25) is 0 Å². The highest BCUT2D eigenvalue weighted by molar-refractivity contribution is 5.69. The smallest absolute Gasteiger partial charge is 0.416 e. The van der Waals surface area contributed by atoms with E-state index in [-0.39, 0.29) is 36.9 Å². The zero-order valence-electron chi connectivity index (χ0n) is 16.1. The van der Waals surface area contributed by atoms with E-state index in [4.69, 9.17) is 4.74 Å². The Morgan fingerprint density at radius 3 is 2.25 bits per heavy atom. The molecule has 0 saturated carbocycles. The molecular formula is C20H25F4NO3. The van der Waals surface area contributed by atoms with Crippen LogP contribution in [0.3, 0.4) is 0 Å². The number of carbonyl (C=O) groups is 1. The number of amides is 1. The number of halogens is 4. The van der Waals surface area contributed by atoms with Gasteiger partial charge in [0.25, 0.3) is 0 Å². The number of alkyl halides is 3. The maximum atomic E-state index is 14.2. The van der Waals surface area contributed by atoms with Crippen LogP contribution < -0.4 is 0 Å². The highest BCUT2D eigenvalue weighted by atomic mass is 19.4. The number of nitrogens with zero attached hydrogens (tertiary/aromatic N) is 1. The molecule has 2 fully saturated rings. The van der Waals surface area contributed by atoms with Gasteiger partial charge in [-0.05, 0) is 64.2 Å². The van der Waals surface area contributed by atoms with E-state index in [0.29, 0.717) is 18.9 Å². The SMILES string of the molecule is CC(C)(C)OC(=O)N1C2CCC1CC(O)(Cc1ccc(C(F)(F)F)cc1F)C2. The van der Waals surface area contributed by atoms with E-state index in [1.54, 1.807) is 25.7 Å². The molecule has 2 atom stereocenters. The minimum absolute atomic E-state index is 0.0422. The summed E-state index contributed by atoms with van der Waals surface area (Å²) in [6.07, 6.45) is -3.24. The molecule has 0 spiro atoms. The summed E-state index contributed by atoms with van der Waals surface area (Å²) in [5.74, 6) is -0.981. The van der Waals surface area contributed by atoms with Crippen LogP contribution in [0.5, 0.6) is 0 Å². The molecule has 1 amide bonds. The first kappa shape index (κ1) is 20.9. The second-order valence-electron chi connectivity index (χ2n) is 8.89. The van der Waals surface area contributed by atoms with Crippen molar-refractivity contribution in [3.63, 3.8) is 0 Å². The Kier molecular flexibility index (Phi) is 5.15. The van der Waals surface area contributed by atoms with Crippen LogP contribution in [0.15, 0.2) is 18.2 Å². The average molecular weight is 403 g/mol. The molecule has 2 unspecified atom stereocenters. The van der Waals surface area contributed by atoms with Gasteiger partial charge in [-0.3, -0.25) is 0 Å². The lowest BCUT2D eigenvalue weighted by Gasteiger charge is -2.44. The number of hydrogen-bond donors (Lipinski definition) is 1. The van der Waals surface area contributed by atoms with E-state index in [9.17, 15) is 27.5 Å². The third kappa shape index (κ3) is 4.42. The minimum atomic E-state index is -4.62. The molecule has 0 aromatic heterocycles. The monoisotopic (exact) mass is 403 g/mol. The first-order chi connectivity index (χ1) is 12.8. The average Bonchev–Trinajstić information content (AvgIpc) is 2.80. The topological polar surface area (TPSA) is 49.8 Å². The van der Waals surface area contributed by atoms with Crippen LogP contribution in [0.1, 0.15) is 57.6 Å². The standard InChI is InChI=1S/C20H25F4NO3/c1-18(2,3)28-17(26)25-14-6-7-15(25)11-19(27,10-14)9-12-4-5-13(8-16(12)21)20(22,23)24/h4-5,8,14-15,27H,6-7,9-11H2,1-3H3. The van der Waals surface area contributed by atoms with Crippen molar-refractivity contribution in [1.29, 1.82) is 0 Å². The lowest BCUT2D eigenvalue weighted by molar-refractivity contribution is -0.137. The van der Waals surface area contributed by atoms with Crippen molar-refractivity contribution in [1.82, 2.24) is 4.90 Å². The van der Waals surface area contributed by atoms with Gasteiger partial charge in [0.05, 0.1) is 11.2 Å². The molecule has 1 aromatic carbocycles. The van der Waals surface area contributed by atoms with Crippen LogP contribution in [0.4, 0.5) is 22.4 Å². The van der Waals surface area contributed by atoms with Gasteiger partial charge in [0.15, 0.2) is 0 Å². The second-order valence-corrected chi connectivity index (χ2v) is 8.89. The molecule has 2 aliphatic heterocycles. The number of aliphatic hydroxyl groups is 1. The largest absolute Gasteiger partial charge is 0.444 e. The first-order valence-electron chi connectivity index (χ1n) is 9.37. The first-order valence-corrected chi connectivity index (χ1v) is 9.37. The molecule has 2 aliphatic rings. The lowest BCUT2D eigenvalue weighted by atomic mass is 9.81. The van der Waals surface area contributed by atoms with Gasteiger partial charge in [-0.1, -0.05) is 6.07 Å². The molecule has 28 heavy (non-hydrogen) atoms. The number of rotatable bonds is 2. The van der Waals surface area contributed by atoms with Crippen molar-refractivity contribution in [3.8, 4) is 0 Å². The maximum Gasteiger partial charge on any atom is 0.416 e. The third-order valence-corrected chi connectivity index (χ3v) is 5.36. The molecule has 4 nitrogen and oxygen atoms in total. The van der Waals surface area contributed by atoms with E-state index in [2.05, 4.69) is 0 Å². The van der Waals surface area contributed by atoms with Crippen LogP contribution in [0, 0.1) is 5.82 Å². The number of benzene rings is 1. The molecule has 0 aliphatic carbocycles. The summed E-state index contributed by atoms with van der Waals surface area (Å²) in [5.41, 5.74) is -2.92. The summed E-state index contributed by atoms with van der Waals surface area (Å²) >= 11 is 0. The predicted molar refractivity (Wildman–Crippen MR) is 94.2 cm³/mol. The van der Waals surface area contributed by atoms with E-state index in [1.807, 2.05) is 0 Å². The summed E-state index contributed by atoms with van der Waals surface area (Å²) in [6.45, 7) is 5.33. The second kappa shape index (κ2) is 6.90. The summed E-state index contributed by atoms with van der Waals surface area (Å²) in [4.78, 5) is 14.1. The molecule has 156 valence electrons. The van der Waals surface area contributed by atoms with E-state index in [0.717, 1.165) is 12.1 Å². The van der Waals surface area contributed by atoms with Crippen molar-refractivity contribution in [3.05, 3.63) is 35.1 Å². The molecule has 2 bridgehead atoms. The van der Waals surface area contributed by atoms with Crippen molar-refractivity contribution in [2.75, 3.05) is 0 Å². The number of piperidine rings is 1. The van der Waals surface area contributed by atoms with Gasteiger partial charge >= 0.3 is 12.3 Å². The van der Waals surface area contributed by atoms with Gasteiger partial charge in [0.1, 0.15) is 11.4 Å². The highest BCUT2D eigenvalue weighted by Gasteiger charge is 2.50. The van der Waals surface area contributed by atoms with Crippen molar-refractivity contribution in [2.24, 2.45) is 0 Å². The van der Waals surface area contributed by atoms with Crippen molar-refractivity contribution in [2.45, 2.75) is 82.3 Å². The van der Waals surface area contributed by atoms with Gasteiger partial charge in [-0.15, -0.1) is 0 Å². The molecule has 1 aromatic rings. The molecule has 2 heterocycles. The lowest BCUT2D eigenvalue weighted by Crippen LogP contribution is -2.55. The normalized spacial score (nSPS) is 27.8. The zero-order valence-corrected chi connectivity index (χ0v) is 16.1. The molecule has 0 radical (unpaired) electrons. The fourth-order valence-corrected chi connectivity index (χ4v) is 4.30. The van der Waals surface area contributed by atoms with Crippen molar-refractivity contribution >= 4 is 6.09 Å². The number of carbonyl (C=O) groups excluding carboxylic acids is 1. The van der Waals surface area contributed by atoms with Crippen LogP contribution in [-0.2, 0) is 17.3 Å². The minimum Gasteiger partial charge on any atom is -0.444 e. The van der Waals surface area contributed by atoms with Crippen LogP contribution >= 0.6 is 0 Å². The van der Waals surface area contributed by atoms with E-state index in [1.165, 1.54) is 0 Å². The molecular weight excluding hydrogens is 378 g/mol. The summed E-state index contributed by atoms with van der Waals surface area (Å²) < 4.78 is 57.8. The molecule has 1 N–H and O–H groups in total. The Bertz CT molecular complexity index is 743. The summed E-state index contributed by atoms with van der Waals surface area (Å²) in [5, 5.41) is 11.0. The fourth-order valence-electron chi connectivity index (χ4n) is 4.30. The van der Waals surface area contributed by atoms with Crippen LogP contribution in [0.25, 0.3) is 0 Å². The molecule has 2 saturated heterocycles. The predicted octanol–water partition coefficient (Wildman–Crippen LogP) is 4.68. The van der Waals surface area contributed by atoms with E-state index < -0.39 is 34.9 Å². The number of fused-ring (bicyclic) bond motifs is 2. The van der Waals surface area contributed by atoms with Gasteiger partial charge in [0.2, 0.25) is 0 Å². The van der Waals surface area contributed by atoms with E-state index >= 15 is 0 Å². The number of hydrogen-bond acceptors (Lipinski definition) is 3. The summed E-state index contributed by atoms with van der Waals surface area (Å²) in [7, 11) is 0. The van der Waals surface area contributed by atoms with Gasteiger partial charge < -0.3 is 14.7 Å². The zero-order chi connectivity index (χ0) is 20.9. The molecule has 8 heteroatoms. The Morgan fingerprint density at radius 1 is 1.21 bits per heavy atom. The van der Waals surface area contributed by atoms with Gasteiger partial charge in [-0.25, -0.2) is 9.18 Å². The highest BCUT2D eigenvalue weighted by Crippen LogP contribution is 2.43. The Morgan fingerprint density at radius 2 is 1.79 bits per heavy atom. The van der Waals surface area contributed by atoms with Crippen molar-refractivity contribution < 1.29 is 32.2 Å². The quantitative estimate of drug-likeness (QED) is 0.730. The Labute approximate surface area is 161 Å². The van der Waals surface area contributed by atoms with Gasteiger partial charge in [0, 0.05) is 18.5 Å². The number of ether oxygens (including phenoxy) is 1. The summed E-state index contributed by atoms with van der Waals surface area (Å²) in [6, 6.07) is 1.92. The third-order valence-electron chi connectivity index (χ3n) is 5.36. The Hall–Kier alpha value is -1.83. The molecule has 3 rings (SSSR count). The van der Waals surface area contributed by atoms with Gasteiger partial charge in [-0.2, -0.15) is 13.2 Å². The Balaban J connectivity index is 1.73.